The molecule has 0 aromatic heterocycles. The fraction of sp³-hybridized carbons (Fsp3) is 0.188. The molecular weight excluding hydrogens is 268 g/mol. The monoisotopic (exact) mass is 286 g/mol. The zero-order valence-corrected chi connectivity index (χ0v) is 12.0. The van der Waals surface area contributed by atoms with E-state index >= 15 is 0 Å². The predicted octanol–water partition coefficient (Wildman–Crippen LogP) is 2.34. The molecular formula is C16H18N2O3. The topological polar surface area (TPSA) is 73.6 Å². The summed E-state index contributed by atoms with van der Waals surface area (Å²) in [6.07, 6.45) is 0. The van der Waals surface area contributed by atoms with Crippen molar-refractivity contribution in [3.8, 4) is 11.5 Å². The molecule has 1 unspecified atom stereocenters. The quantitative estimate of drug-likeness (QED) is 0.884. The fourth-order valence-corrected chi connectivity index (χ4v) is 1.95. The Balaban J connectivity index is 2.12. The molecule has 5 heteroatoms. The van der Waals surface area contributed by atoms with Crippen LogP contribution < -0.4 is 20.5 Å². The predicted molar refractivity (Wildman–Crippen MR) is 81.5 cm³/mol. The van der Waals surface area contributed by atoms with Gasteiger partial charge in [0.15, 0.2) is 11.5 Å². The zero-order valence-electron chi connectivity index (χ0n) is 12.0. The van der Waals surface area contributed by atoms with Crippen LogP contribution in [0.15, 0.2) is 48.5 Å². The summed E-state index contributed by atoms with van der Waals surface area (Å²) in [7, 11) is 3.10. The molecule has 0 fully saturated rings. The largest absolute Gasteiger partial charge is 0.493 e. The molecule has 0 heterocycles. The second-order valence-corrected chi connectivity index (χ2v) is 4.45. The van der Waals surface area contributed by atoms with Gasteiger partial charge in [0.05, 0.1) is 14.2 Å². The average Bonchev–Trinajstić information content (AvgIpc) is 2.54. The molecule has 2 rings (SSSR count). The number of methoxy groups -OCH3 is 2. The molecule has 21 heavy (non-hydrogen) atoms. The number of ether oxygens (including phenoxy) is 2. The highest BCUT2D eigenvalue weighted by Crippen LogP contribution is 2.30. The van der Waals surface area contributed by atoms with Gasteiger partial charge in [-0.3, -0.25) is 4.79 Å². The number of benzene rings is 2. The molecule has 0 aliphatic heterocycles. The van der Waals surface area contributed by atoms with Crippen LogP contribution in [-0.2, 0) is 4.79 Å². The summed E-state index contributed by atoms with van der Waals surface area (Å²) >= 11 is 0. The van der Waals surface area contributed by atoms with Gasteiger partial charge in [0, 0.05) is 11.8 Å². The standard InChI is InChI=1S/C16H18N2O3/c1-20-13-9-8-12(10-14(13)21-2)18-16(19)15(17)11-6-4-3-5-7-11/h3-10,15H,17H2,1-2H3,(H,18,19). The first kappa shape index (κ1) is 14.9. The van der Waals surface area contributed by atoms with E-state index in [0.29, 0.717) is 17.2 Å². The summed E-state index contributed by atoms with van der Waals surface area (Å²) in [5, 5.41) is 2.77. The molecule has 0 saturated heterocycles. The molecule has 0 aliphatic rings. The van der Waals surface area contributed by atoms with E-state index in [-0.39, 0.29) is 5.91 Å². The Hall–Kier alpha value is -2.53. The van der Waals surface area contributed by atoms with E-state index in [9.17, 15) is 4.79 Å². The van der Waals surface area contributed by atoms with Crippen molar-refractivity contribution >= 4 is 11.6 Å². The number of nitrogens with one attached hydrogen (secondary N) is 1. The molecule has 0 saturated carbocycles. The van der Waals surface area contributed by atoms with E-state index < -0.39 is 6.04 Å². The highest BCUT2D eigenvalue weighted by Gasteiger charge is 2.16. The van der Waals surface area contributed by atoms with Gasteiger partial charge in [-0.15, -0.1) is 0 Å². The van der Waals surface area contributed by atoms with Crippen molar-refractivity contribution in [3.05, 3.63) is 54.1 Å². The van der Waals surface area contributed by atoms with Gasteiger partial charge in [-0.2, -0.15) is 0 Å². The van der Waals surface area contributed by atoms with E-state index in [1.165, 1.54) is 0 Å². The smallest absolute Gasteiger partial charge is 0.245 e. The van der Waals surface area contributed by atoms with Crippen molar-refractivity contribution in [2.75, 3.05) is 19.5 Å². The molecule has 0 spiro atoms. The minimum atomic E-state index is -0.723. The first-order valence-corrected chi connectivity index (χ1v) is 6.49. The van der Waals surface area contributed by atoms with Gasteiger partial charge in [0.1, 0.15) is 6.04 Å². The van der Waals surface area contributed by atoms with Crippen molar-refractivity contribution in [2.45, 2.75) is 6.04 Å². The van der Waals surface area contributed by atoms with Gasteiger partial charge in [-0.1, -0.05) is 30.3 Å². The molecule has 0 bridgehead atoms. The molecule has 2 aromatic rings. The fourth-order valence-electron chi connectivity index (χ4n) is 1.95. The van der Waals surface area contributed by atoms with Gasteiger partial charge in [-0.25, -0.2) is 0 Å². The van der Waals surface area contributed by atoms with Crippen molar-refractivity contribution < 1.29 is 14.3 Å². The maximum atomic E-state index is 12.2. The van der Waals surface area contributed by atoms with Crippen molar-refractivity contribution in [1.29, 1.82) is 0 Å². The normalized spacial score (nSPS) is 11.6. The maximum Gasteiger partial charge on any atom is 0.245 e. The third kappa shape index (κ3) is 3.52. The van der Waals surface area contributed by atoms with Gasteiger partial charge in [-0.05, 0) is 17.7 Å². The first-order chi connectivity index (χ1) is 10.2. The summed E-state index contributed by atoms with van der Waals surface area (Å²) in [6, 6.07) is 13.6. The van der Waals surface area contributed by atoms with E-state index in [4.69, 9.17) is 15.2 Å². The molecule has 0 aliphatic carbocycles. The summed E-state index contributed by atoms with van der Waals surface area (Å²) < 4.78 is 10.3. The van der Waals surface area contributed by atoms with E-state index in [1.54, 1.807) is 32.4 Å². The van der Waals surface area contributed by atoms with Gasteiger partial charge >= 0.3 is 0 Å². The Kier molecular flexibility index (Phi) is 4.79. The van der Waals surface area contributed by atoms with Crippen LogP contribution in [0, 0.1) is 0 Å². The lowest BCUT2D eigenvalue weighted by Crippen LogP contribution is -2.27. The van der Waals surface area contributed by atoms with E-state index in [2.05, 4.69) is 5.32 Å². The zero-order chi connectivity index (χ0) is 15.2. The van der Waals surface area contributed by atoms with E-state index in [1.807, 2.05) is 30.3 Å². The molecule has 0 radical (unpaired) electrons. The SMILES string of the molecule is COc1ccc(NC(=O)C(N)c2ccccc2)cc1OC. The molecule has 5 nitrogen and oxygen atoms in total. The Morgan fingerprint density at radius 1 is 1.05 bits per heavy atom. The van der Waals surface area contributed by atoms with Crippen molar-refractivity contribution in [3.63, 3.8) is 0 Å². The highest BCUT2D eigenvalue weighted by molar-refractivity contribution is 5.95. The number of amides is 1. The summed E-state index contributed by atoms with van der Waals surface area (Å²) in [6.45, 7) is 0. The third-order valence-electron chi connectivity index (χ3n) is 3.09. The summed E-state index contributed by atoms with van der Waals surface area (Å²) in [4.78, 5) is 12.2. The van der Waals surface area contributed by atoms with Crippen LogP contribution >= 0.6 is 0 Å². The lowest BCUT2D eigenvalue weighted by molar-refractivity contribution is -0.117. The van der Waals surface area contributed by atoms with Crippen LogP contribution in [-0.4, -0.2) is 20.1 Å². The lowest BCUT2D eigenvalue weighted by atomic mass is 10.1. The first-order valence-electron chi connectivity index (χ1n) is 6.49. The third-order valence-corrected chi connectivity index (χ3v) is 3.09. The minimum Gasteiger partial charge on any atom is -0.493 e. The molecule has 3 N–H and O–H groups in total. The van der Waals surface area contributed by atoms with Gasteiger partial charge in [0.25, 0.3) is 0 Å². The minimum absolute atomic E-state index is 0.284. The van der Waals surface area contributed by atoms with Crippen LogP contribution in [0.25, 0.3) is 0 Å². The molecule has 1 amide bonds. The second-order valence-electron chi connectivity index (χ2n) is 4.45. The van der Waals surface area contributed by atoms with Crippen molar-refractivity contribution in [1.82, 2.24) is 0 Å². The summed E-state index contributed by atoms with van der Waals surface area (Å²) in [5.41, 5.74) is 7.31. The number of carbonyl (C=O) groups excluding carboxylic acids is 1. The van der Waals surface area contributed by atoms with Crippen LogP contribution in [0.5, 0.6) is 11.5 Å². The Bertz CT molecular complexity index is 614. The Labute approximate surface area is 123 Å². The highest BCUT2D eigenvalue weighted by atomic mass is 16.5. The number of anilines is 1. The van der Waals surface area contributed by atoms with Crippen LogP contribution in [0.1, 0.15) is 11.6 Å². The Morgan fingerprint density at radius 3 is 2.33 bits per heavy atom. The molecule has 2 aromatic carbocycles. The van der Waals surface area contributed by atoms with Crippen molar-refractivity contribution in [2.24, 2.45) is 5.73 Å². The number of rotatable bonds is 5. The van der Waals surface area contributed by atoms with E-state index in [0.717, 1.165) is 5.56 Å². The van der Waals surface area contributed by atoms with Crippen LogP contribution in [0.2, 0.25) is 0 Å². The number of hydrogen-bond donors (Lipinski definition) is 2. The summed E-state index contributed by atoms with van der Waals surface area (Å²) in [5.74, 6) is 0.861. The van der Waals surface area contributed by atoms with Crippen LogP contribution in [0.4, 0.5) is 5.69 Å². The number of hydrogen-bond acceptors (Lipinski definition) is 4. The number of nitrogens with two attached hydrogens (primary N) is 1. The van der Waals surface area contributed by atoms with Crippen LogP contribution in [0.3, 0.4) is 0 Å². The lowest BCUT2D eigenvalue weighted by Gasteiger charge is -2.14. The molecule has 110 valence electrons. The Morgan fingerprint density at radius 2 is 1.71 bits per heavy atom. The molecule has 1 atom stereocenters. The van der Waals surface area contributed by atoms with Gasteiger partial charge < -0.3 is 20.5 Å². The second kappa shape index (κ2) is 6.76. The number of carbonyl (C=O) groups is 1. The van der Waals surface area contributed by atoms with Gasteiger partial charge in [0.2, 0.25) is 5.91 Å². The average molecular weight is 286 g/mol. The maximum absolute atomic E-state index is 12.2.